The summed E-state index contributed by atoms with van der Waals surface area (Å²) in [7, 11) is 0. The zero-order valence-corrected chi connectivity index (χ0v) is 9.17. The van der Waals surface area contributed by atoms with Crippen molar-refractivity contribution in [2.45, 2.75) is 20.3 Å². The van der Waals surface area contributed by atoms with E-state index in [2.05, 4.69) is 31.8 Å². The van der Waals surface area contributed by atoms with Crippen molar-refractivity contribution in [1.82, 2.24) is 0 Å². The Morgan fingerprint density at radius 1 is 1.00 bits per heavy atom. The van der Waals surface area contributed by atoms with E-state index in [9.17, 15) is 0 Å². The van der Waals surface area contributed by atoms with E-state index in [1.165, 1.54) is 16.7 Å². The van der Waals surface area contributed by atoms with E-state index in [1.807, 2.05) is 30.3 Å². The van der Waals surface area contributed by atoms with Crippen molar-refractivity contribution in [3.8, 4) is 11.8 Å². The smallest absolute Gasteiger partial charge is 0.0248 e. The maximum Gasteiger partial charge on any atom is 0.0248 e. The van der Waals surface area contributed by atoms with Gasteiger partial charge in [0, 0.05) is 17.6 Å². The highest BCUT2D eigenvalue weighted by atomic mass is 14.1. The van der Waals surface area contributed by atoms with Gasteiger partial charge in [0.15, 0.2) is 0 Å². The monoisotopic (exact) mass is 194 g/mol. The Hall–Kier alpha value is -1.74. The molecule has 1 aliphatic rings. The molecule has 0 spiro atoms. The van der Waals surface area contributed by atoms with Gasteiger partial charge >= 0.3 is 0 Å². The largest absolute Gasteiger partial charge is 0.0658 e. The zero-order chi connectivity index (χ0) is 10.7. The molecule has 1 aliphatic carbocycles. The lowest BCUT2D eigenvalue weighted by Crippen LogP contribution is -1.76. The molecule has 0 unspecified atom stereocenters. The Labute approximate surface area is 91.3 Å². The summed E-state index contributed by atoms with van der Waals surface area (Å²) in [5.74, 6) is 6.41. The molecule has 0 amide bonds. The molecule has 2 rings (SSSR count). The highest BCUT2D eigenvalue weighted by Gasteiger charge is 2.06. The summed E-state index contributed by atoms with van der Waals surface area (Å²) in [5, 5.41) is 0. The van der Waals surface area contributed by atoms with Gasteiger partial charge in [0.25, 0.3) is 0 Å². The third-order valence-corrected chi connectivity index (χ3v) is 2.66. The highest BCUT2D eigenvalue weighted by molar-refractivity contribution is 5.48. The van der Waals surface area contributed by atoms with Gasteiger partial charge in [0.2, 0.25) is 0 Å². The van der Waals surface area contributed by atoms with Gasteiger partial charge in [-0.3, -0.25) is 0 Å². The number of benzene rings is 1. The zero-order valence-electron chi connectivity index (χ0n) is 9.17. The topological polar surface area (TPSA) is 0 Å². The van der Waals surface area contributed by atoms with Crippen LogP contribution in [0.25, 0.3) is 0 Å². The highest BCUT2D eigenvalue weighted by Crippen LogP contribution is 2.23. The Morgan fingerprint density at radius 3 is 2.33 bits per heavy atom. The molecule has 1 aromatic carbocycles. The van der Waals surface area contributed by atoms with Crippen molar-refractivity contribution in [2.75, 3.05) is 0 Å². The molecule has 0 heterocycles. The Bertz CT molecular complexity index is 476. The van der Waals surface area contributed by atoms with Gasteiger partial charge in [-0.05, 0) is 32.1 Å². The molecule has 74 valence electrons. The quantitative estimate of drug-likeness (QED) is 0.552. The van der Waals surface area contributed by atoms with Gasteiger partial charge < -0.3 is 0 Å². The molecule has 0 aliphatic heterocycles. The second kappa shape index (κ2) is 4.19. The summed E-state index contributed by atoms with van der Waals surface area (Å²) >= 11 is 0. The molecular weight excluding hydrogens is 180 g/mol. The number of hydrogen-bond acceptors (Lipinski definition) is 0. The first-order valence-electron chi connectivity index (χ1n) is 5.20. The van der Waals surface area contributed by atoms with E-state index >= 15 is 0 Å². The van der Waals surface area contributed by atoms with Crippen LogP contribution in [0.15, 0.2) is 53.1 Å². The van der Waals surface area contributed by atoms with E-state index in [0.717, 1.165) is 12.0 Å². The second-order valence-corrected chi connectivity index (χ2v) is 3.93. The van der Waals surface area contributed by atoms with E-state index in [4.69, 9.17) is 0 Å². The first-order chi connectivity index (χ1) is 7.25. The van der Waals surface area contributed by atoms with Crippen molar-refractivity contribution >= 4 is 0 Å². The average molecular weight is 194 g/mol. The predicted octanol–water partition coefficient (Wildman–Crippen LogP) is 3.70. The first-order valence-corrected chi connectivity index (χ1v) is 5.20. The summed E-state index contributed by atoms with van der Waals surface area (Å²) < 4.78 is 0. The van der Waals surface area contributed by atoms with E-state index in [1.54, 1.807) is 0 Å². The molecule has 15 heavy (non-hydrogen) atoms. The summed E-state index contributed by atoms with van der Waals surface area (Å²) in [6.07, 6.45) is 3.21. The molecule has 0 N–H and O–H groups in total. The lowest BCUT2D eigenvalue weighted by Gasteiger charge is -1.91. The van der Waals surface area contributed by atoms with Gasteiger partial charge in [-0.2, -0.15) is 0 Å². The standard InChI is InChI=1S/C15H14/c1-12-10-15(11-13(12)2)9-8-14-6-4-3-5-7-14/h3-7,10H,11H2,1-2H3. The fraction of sp³-hybridized carbons (Fsp3) is 0.200. The molecule has 0 fully saturated rings. The Morgan fingerprint density at radius 2 is 1.73 bits per heavy atom. The number of rotatable bonds is 0. The molecule has 0 saturated heterocycles. The number of allylic oxidation sites excluding steroid dienone is 4. The maximum atomic E-state index is 3.23. The third kappa shape index (κ3) is 2.39. The second-order valence-electron chi connectivity index (χ2n) is 3.93. The lowest BCUT2D eigenvalue weighted by molar-refractivity contribution is 1.19. The summed E-state index contributed by atoms with van der Waals surface area (Å²) in [6, 6.07) is 10.1. The molecule has 0 heteroatoms. The Kier molecular flexibility index (Phi) is 2.74. The van der Waals surface area contributed by atoms with Crippen LogP contribution in [0, 0.1) is 11.8 Å². The van der Waals surface area contributed by atoms with Crippen molar-refractivity contribution in [3.63, 3.8) is 0 Å². The third-order valence-electron chi connectivity index (χ3n) is 2.66. The minimum Gasteiger partial charge on any atom is -0.0658 e. The first kappa shape index (κ1) is 9.80. The van der Waals surface area contributed by atoms with Gasteiger partial charge in [-0.25, -0.2) is 0 Å². The summed E-state index contributed by atoms with van der Waals surface area (Å²) in [6.45, 7) is 4.32. The molecule has 0 radical (unpaired) electrons. The fourth-order valence-electron chi connectivity index (χ4n) is 1.61. The van der Waals surface area contributed by atoms with Gasteiger partial charge in [-0.15, -0.1) is 0 Å². The van der Waals surface area contributed by atoms with Gasteiger partial charge in [0.1, 0.15) is 0 Å². The fourth-order valence-corrected chi connectivity index (χ4v) is 1.61. The van der Waals surface area contributed by atoms with E-state index in [-0.39, 0.29) is 0 Å². The molecule has 0 saturated carbocycles. The van der Waals surface area contributed by atoms with Crippen molar-refractivity contribution in [2.24, 2.45) is 0 Å². The molecule has 1 aromatic rings. The molecule has 0 atom stereocenters. The van der Waals surface area contributed by atoms with Crippen molar-refractivity contribution in [3.05, 3.63) is 58.7 Å². The normalized spacial score (nSPS) is 14.7. The summed E-state index contributed by atoms with van der Waals surface area (Å²) in [5.41, 5.74) is 5.12. The van der Waals surface area contributed by atoms with E-state index in [0.29, 0.717) is 0 Å². The maximum absolute atomic E-state index is 3.23. The Balaban J connectivity index is 2.13. The van der Waals surface area contributed by atoms with Crippen LogP contribution in [-0.4, -0.2) is 0 Å². The van der Waals surface area contributed by atoms with Crippen LogP contribution in [0.5, 0.6) is 0 Å². The SMILES string of the molecule is CC1=C(C)CC(C#Cc2ccccc2)=C1. The lowest BCUT2D eigenvalue weighted by atomic mass is 10.1. The van der Waals surface area contributed by atoms with Crippen LogP contribution in [0.2, 0.25) is 0 Å². The van der Waals surface area contributed by atoms with Gasteiger partial charge in [-0.1, -0.05) is 41.2 Å². The molecule has 0 bridgehead atoms. The molecular formula is C15H14. The minimum atomic E-state index is 1.02. The average Bonchev–Trinajstić information content (AvgIpc) is 2.57. The van der Waals surface area contributed by atoms with Crippen LogP contribution >= 0.6 is 0 Å². The van der Waals surface area contributed by atoms with Crippen LogP contribution in [-0.2, 0) is 0 Å². The van der Waals surface area contributed by atoms with Crippen LogP contribution in [0.4, 0.5) is 0 Å². The van der Waals surface area contributed by atoms with Crippen molar-refractivity contribution in [1.29, 1.82) is 0 Å². The van der Waals surface area contributed by atoms with Crippen LogP contribution in [0.3, 0.4) is 0 Å². The minimum absolute atomic E-state index is 1.02. The predicted molar refractivity (Wildman–Crippen MR) is 64.4 cm³/mol. The number of hydrogen-bond donors (Lipinski definition) is 0. The molecule has 0 aromatic heterocycles. The van der Waals surface area contributed by atoms with Gasteiger partial charge in [0.05, 0.1) is 0 Å². The van der Waals surface area contributed by atoms with Crippen LogP contribution < -0.4 is 0 Å². The van der Waals surface area contributed by atoms with E-state index < -0.39 is 0 Å². The summed E-state index contributed by atoms with van der Waals surface area (Å²) in [4.78, 5) is 0. The molecule has 0 nitrogen and oxygen atoms in total. The van der Waals surface area contributed by atoms with Crippen LogP contribution in [0.1, 0.15) is 25.8 Å². The van der Waals surface area contributed by atoms with Crippen molar-refractivity contribution < 1.29 is 0 Å².